The third kappa shape index (κ3) is 7.74. The molecule has 0 saturated heterocycles. The summed E-state index contributed by atoms with van der Waals surface area (Å²) >= 11 is 2.53. The van der Waals surface area contributed by atoms with Crippen LogP contribution in [-0.2, 0) is 36.6 Å². The van der Waals surface area contributed by atoms with Gasteiger partial charge in [0.25, 0.3) is 0 Å². The number of para-hydroxylation sites is 2. The Labute approximate surface area is 371 Å². The summed E-state index contributed by atoms with van der Waals surface area (Å²) in [7, 11) is 0. The topological polar surface area (TPSA) is 35.2 Å². The van der Waals surface area contributed by atoms with Gasteiger partial charge in [-0.25, -0.2) is 0 Å². The van der Waals surface area contributed by atoms with Gasteiger partial charge in [0, 0.05) is 6.20 Å². The summed E-state index contributed by atoms with van der Waals surface area (Å²) in [6, 6.07) is 54.6. The second kappa shape index (κ2) is 15.6. The Morgan fingerprint density at radius 1 is 0.590 bits per heavy atom. The molecule has 0 unspecified atom stereocenters. The van der Waals surface area contributed by atoms with Crippen molar-refractivity contribution in [2.75, 3.05) is 4.90 Å². The minimum atomic E-state index is -0.121. The normalized spacial score (nSPS) is 14.0. The first-order valence-electron chi connectivity index (χ1n) is 21.3. The van der Waals surface area contributed by atoms with Gasteiger partial charge in [-0.15, -0.1) is 0 Å². The van der Waals surface area contributed by atoms with E-state index in [1.165, 1.54) is 38.9 Å². The van der Waals surface area contributed by atoms with Crippen molar-refractivity contribution in [2.24, 2.45) is 0 Å². The summed E-state index contributed by atoms with van der Waals surface area (Å²) in [6.07, 6.45) is 3.99. The van der Waals surface area contributed by atoms with Crippen LogP contribution in [0.25, 0.3) is 44.7 Å². The Balaban J connectivity index is 1.17. The third-order valence-corrected chi connectivity index (χ3v) is 13.2. The van der Waals surface area contributed by atoms with Crippen LogP contribution in [0.15, 0.2) is 158 Å². The molecule has 0 spiro atoms. The standard InChI is InChI=1S/C55H54N4O.Pt/c1-53(2,3)41-29-31-56-51(34-41)59-50-36-45(27-26-40(50)28-30-55(59,7)8)60-44-23-17-22-43(35-44)57-37-58(49-25-16-15-24-48(49)57)52-46(38-18-11-9-12-19-38)32-42(54(4,5)6)33-47(52)39-20-13-10-14-21-39;/h9-27,29,31-36H,28,30H2,1-8H3;. The Bertz CT molecular complexity index is 2900. The molecule has 61 heavy (non-hydrogen) atoms. The van der Waals surface area contributed by atoms with Crippen molar-refractivity contribution in [1.82, 2.24) is 14.1 Å². The second-order valence-corrected chi connectivity index (χ2v) is 20.0. The average molecular weight is 982 g/mol. The quantitative estimate of drug-likeness (QED) is 0.160. The van der Waals surface area contributed by atoms with Crippen LogP contribution in [0.4, 0.5) is 11.5 Å². The van der Waals surface area contributed by atoms with Crippen molar-refractivity contribution in [3.8, 4) is 45.1 Å². The molecule has 2 aromatic heterocycles. The van der Waals surface area contributed by atoms with E-state index in [1.807, 2.05) is 6.20 Å². The number of benzene rings is 6. The first kappa shape index (κ1) is 40.6. The molecule has 1 aliphatic rings. The molecule has 5 nitrogen and oxygen atoms in total. The zero-order valence-corrected chi connectivity index (χ0v) is 38.7. The van der Waals surface area contributed by atoms with Crippen LogP contribution >= 0.6 is 0 Å². The first-order valence-corrected chi connectivity index (χ1v) is 22.5. The fourth-order valence-electron chi connectivity index (χ4n) is 8.72. The van der Waals surface area contributed by atoms with Crippen molar-refractivity contribution in [2.45, 2.75) is 84.6 Å². The van der Waals surface area contributed by atoms with E-state index in [4.69, 9.17) is 9.72 Å². The summed E-state index contributed by atoms with van der Waals surface area (Å²) < 4.78 is 12.7. The minimum absolute atomic E-state index is 0.0177. The Hall–Kier alpha value is -5.77. The summed E-state index contributed by atoms with van der Waals surface area (Å²) in [4.78, 5) is 7.34. The van der Waals surface area contributed by atoms with Crippen molar-refractivity contribution in [3.05, 3.63) is 178 Å². The molecule has 0 atom stereocenters. The van der Waals surface area contributed by atoms with Crippen molar-refractivity contribution in [3.63, 3.8) is 0 Å². The Morgan fingerprint density at radius 2 is 1.18 bits per heavy atom. The van der Waals surface area contributed by atoms with Crippen LogP contribution in [-0.4, -0.2) is 19.7 Å². The number of hydrogen-bond donors (Lipinski definition) is 0. The fraction of sp³-hybridized carbons (Fsp3) is 0.236. The van der Waals surface area contributed by atoms with Crippen LogP contribution in [0.3, 0.4) is 0 Å². The molecule has 310 valence electrons. The maximum absolute atomic E-state index is 6.81. The molecule has 0 saturated carbocycles. The molecule has 0 aliphatic carbocycles. The number of hydrogen-bond acceptors (Lipinski definition) is 3. The predicted octanol–water partition coefficient (Wildman–Crippen LogP) is 14.5. The van der Waals surface area contributed by atoms with Gasteiger partial charge in [-0.1, -0.05) is 20.8 Å². The number of pyridine rings is 1. The summed E-state index contributed by atoms with van der Waals surface area (Å²) in [5.41, 5.74) is 14.0. The number of aryl methyl sites for hydroxylation is 1. The van der Waals surface area contributed by atoms with Gasteiger partial charge in [0.15, 0.2) is 0 Å². The molecule has 0 bridgehead atoms. The molecule has 6 heteroatoms. The summed E-state index contributed by atoms with van der Waals surface area (Å²) in [5, 5.41) is 0. The Kier molecular flexibility index (Phi) is 10.4. The molecule has 0 amide bonds. The van der Waals surface area contributed by atoms with E-state index in [0.29, 0.717) is 0 Å². The van der Waals surface area contributed by atoms with Crippen molar-refractivity contribution < 1.29 is 24.1 Å². The molecule has 0 radical (unpaired) electrons. The van der Waals surface area contributed by atoms with E-state index < -0.39 is 0 Å². The zero-order valence-electron chi connectivity index (χ0n) is 36.4. The van der Waals surface area contributed by atoms with E-state index in [1.54, 1.807) is 0 Å². The number of imidazole rings is 1. The van der Waals surface area contributed by atoms with Crippen LogP contribution in [0.1, 0.15) is 78.5 Å². The summed E-state index contributed by atoms with van der Waals surface area (Å²) in [6.45, 7) is 18.3. The van der Waals surface area contributed by atoms with Crippen molar-refractivity contribution >= 4 is 22.5 Å². The molecule has 9 rings (SSSR count). The SMILES string of the molecule is CC(C)(C)c1ccnc(N2c3cc(Oc4cccc(-n5[c](=[Pt])n(-c6c(-c7ccccc7)cc(C(C)(C)C)cc6-c6ccccc6)c6ccccc65)c4)ccc3CCC2(C)C)c1. The van der Waals surface area contributed by atoms with Gasteiger partial charge in [0.2, 0.25) is 0 Å². The van der Waals surface area contributed by atoms with Gasteiger partial charge in [-0.05, 0) is 17.0 Å². The van der Waals surface area contributed by atoms with Gasteiger partial charge < -0.3 is 0 Å². The molecule has 0 N–H and O–H groups in total. The molecule has 1 aliphatic heterocycles. The molecule has 6 aromatic carbocycles. The maximum atomic E-state index is 6.81. The zero-order chi connectivity index (χ0) is 42.7. The number of anilines is 2. The number of nitrogens with zero attached hydrogens (tertiary/aromatic N) is 4. The molecule has 3 heterocycles. The van der Waals surface area contributed by atoms with Crippen LogP contribution in [0.2, 0.25) is 0 Å². The number of rotatable bonds is 7. The van der Waals surface area contributed by atoms with Crippen molar-refractivity contribution in [1.29, 1.82) is 0 Å². The van der Waals surface area contributed by atoms with E-state index in [0.717, 1.165) is 62.1 Å². The van der Waals surface area contributed by atoms with E-state index >= 15 is 0 Å². The van der Waals surface area contributed by atoms with Crippen LogP contribution in [0, 0.1) is 3.80 Å². The van der Waals surface area contributed by atoms with Gasteiger partial charge in [0.05, 0.1) is 0 Å². The predicted molar refractivity (Wildman–Crippen MR) is 249 cm³/mol. The van der Waals surface area contributed by atoms with E-state index in [9.17, 15) is 0 Å². The Morgan fingerprint density at radius 3 is 1.80 bits per heavy atom. The van der Waals surface area contributed by atoms with E-state index in [-0.39, 0.29) is 16.4 Å². The third-order valence-electron chi connectivity index (χ3n) is 12.1. The molecule has 8 aromatic rings. The fourth-order valence-corrected chi connectivity index (χ4v) is 9.82. The van der Waals surface area contributed by atoms with E-state index in [2.05, 4.69) is 240 Å². The number of ether oxygens (including phenoxy) is 1. The van der Waals surface area contributed by atoms with Crippen LogP contribution in [0.5, 0.6) is 11.5 Å². The average Bonchev–Trinajstić information content (AvgIpc) is 3.54. The molecular weight excluding hydrogens is 928 g/mol. The molecule has 0 fully saturated rings. The number of fused-ring (bicyclic) bond motifs is 2. The van der Waals surface area contributed by atoms with Crippen LogP contribution < -0.4 is 9.64 Å². The van der Waals surface area contributed by atoms with Gasteiger partial charge in [-0.3, -0.25) is 0 Å². The van der Waals surface area contributed by atoms with Gasteiger partial charge >= 0.3 is 330 Å². The number of aromatic nitrogens is 3. The van der Waals surface area contributed by atoms with Gasteiger partial charge in [0.1, 0.15) is 0 Å². The summed E-state index contributed by atoms with van der Waals surface area (Å²) in [5.74, 6) is 2.54. The second-order valence-electron chi connectivity index (χ2n) is 19.0. The first-order chi connectivity index (χ1) is 29.2. The van der Waals surface area contributed by atoms with Gasteiger partial charge in [-0.2, -0.15) is 0 Å². The monoisotopic (exact) mass is 981 g/mol. The molecular formula is C55H54N4OPt.